The first kappa shape index (κ1) is 87.5. The van der Waals surface area contributed by atoms with Gasteiger partial charge in [0.25, 0.3) is 0 Å². The van der Waals surface area contributed by atoms with E-state index in [-0.39, 0.29) is 108 Å². The number of fused-ring (bicyclic) bond motifs is 1. The van der Waals surface area contributed by atoms with Gasteiger partial charge in [-0.2, -0.15) is 0 Å². The van der Waals surface area contributed by atoms with Crippen molar-refractivity contribution < 1.29 is 73.7 Å². The fourth-order valence-electron chi connectivity index (χ4n) is 9.17. The minimum absolute atomic E-state index is 0. The van der Waals surface area contributed by atoms with Crippen LogP contribution in [0.3, 0.4) is 0 Å². The van der Waals surface area contributed by atoms with Gasteiger partial charge in [0.05, 0.1) is 72.3 Å². The van der Waals surface area contributed by atoms with Gasteiger partial charge in [-0.3, -0.25) is 43.2 Å². The van der Waals surface area contributed by atoms with E-state index < -0.39 is 17.7 Å². The number of rotatable bonds is 34. The third kappa shape index (κ3) is 33.7. The van der Waals surface area contributed by atoms with Crippen LogP contribution in [0.5, 0.6) is 0 Å². The van der Waals surface area contributed by atoms with Crippen molar-refractivity contribution in [2.75, 3.05) is 93.2 Å². The van der Waals surface area contributed by atoms with Gasteiger partial charge in [-0.15, -0.1) is 0 Å². The first-order valence-corrected chi connectivity index (χ1v) is 32.9. The molecule has 9 N–H and O–H groups in total. The van der Waals surface area contributed by atoms with Crippen molar-refractivity contribution in [3.05, 3.63) is 70.3 Å². The van der Waals surface area contributed by atoms with Gasteiger partial charge in [-0.05, 0) is 101 Å². The van der Waals surface area contributed by atoms with Gasteiger partial charge in [0, 0.05) is 96.0 Å². The fraction of sp³-hybridized carbons (Fsp3) is 0.635. The molecular weight excluding hydrogens is 1470 g/mol. The molecule has 25 nitrogen and oxygen atoms in total. The maximum atomic E-state index is 12.8. The number of nitrogens with two attached hydrogens (primary N) is 1. The summed E-state index contributed by atoms with van der Waals surface area (Å²) in [6.45, 7) is 21.6. The van der Waals surface area contributed by atoms with Crippen molar-refractivity contribution in [2.24, 2.45) is 23.5 Å². The SMILES string of the molecule is CC(C)C(C)N(C)C.CCC.CCC(C)C(C(CC)OC)N(C)C(=O)CNC=O.CCNC(=O)CNC(=O)CNC(=O)C[N-]CNC(=O)c1ccc2nc(CBr)c(CBr)nc2c1.COC(C(C)C(=O)NC(CN)Cc1ccc(NC=O)cc1)C1CCCN1C=O.[W]. The number of likely N-dealkylation sites (tertiary alicyclic amines) is 1. The third-order valence-electron chi connectivity index (χ3n) is 14.8. The van der Waals surface area contributed by atoms with Crippen LogP contribution in [0, 0.1) is 17.8 Å². The molecule has 0 bridgehead atoms. The first-order valence-electron chi connectivity index (χ1n) is 30.7. The van der Waals surface area contributed by atoms with E-state index in [2.05, 4.69) is 152 Å². The van der Waals surface area contributed by atoms with E-state index >= 15 is 0 Å². The molecule has 8 unspecified atom stereocenters. The molecule has 1 aliphatic heterocycles. The molecule has 0 saturated carbocycles. The minimum atomic E-state index is -0.492. The van der Waals surface area contributed by atoms with Gasteiger partial charge >= 0.3 is 0 Å². The maximum absolute atomic E-state index is 12.8. The van der Waals surface area contributed by atoms with Crippen molar-refractivity contribution in [3.63, 3.8) is 0 Å². The van der Waals surface area contributed by atoms with Crippen molar-refractivity contribution >= 4 is 103 Å². The Labute approximate surface area is 571 Å². The number of amides is 9. The molecule has 514 valence electrons. The van der Waals surface area contributed by atoms with E-state index in [0.29, 0.717) is 83.8 Å². The summed E-state index contributed by atoms with van der Waals surface area (Å²) >= 11 is 6.78. The largest absolute Gasteiger partial charge is 0.637 e. The van der Waals surface area contributed by atoms with Crippen LogP contribution in [0.15, 0.2) is 42.5 Å². The number of carbonyl (C=O) groups is 9. The minimum Gasteiger partial charge on any atom is -0.637 e. The molecule has 1 fully saturated rings. The van der Waals surface area contributed by atoms with E-state index in [0.717, 1.165) is 55.0 Å². The molecule has 1 aromatic heterocycles. The molecule has 2 aromatic carbocycles. The average molecular weight is 1580 g/mol. The number of alkyl halides is 2. The van der Waals surface area contributed by atoms with Crippen LogP contribution in [-0.4, -0.2) is 204 Å². The number of hydrogen-bond donors (Lipinski definition) is 8. The Hall–Kier alpha value is -5.54. The van der Waals surface area contributed by atoms with Gasteiger partial charge in [-0.1, -0.05) is 125 Å². The molecule has 3 aromatic rings. The average Bonchev–Trinajstić information content (AvgIpc) is 1.22. The summed E-state index contributed by atoms with van der Waals surface area (Å²) in [5, 5.41) is 23.0. The zero-order valence-corrected chi connectivity index (χ0v) is 62.3. The molecule has 91 heavy (non-hydrogen) atoms. The van der Waals surface area contributed by atoms with E-state index in [1.807, 2.05) is 26.0 Å². The van der Waals surface area contributed by atoms with Gasteiger partial charge in [0.15, 0.2) is 5.91 Å². The summed E-state index contributed by atoms with van der Waals surface area (Å²) in [4.78, 5) is 118. The quantitative estimate of drug-likeness (QED) is 0.0211. The number of methoxy groups -OCH3 is 2. The Morgan fingerprint density at radius 3 is 1.86 bits per heavy atom. The first-order chi connectivity index (χ1) is 42.9. The normalized spacial score (nSPS) is 14.5. The summed E-state index contributed by atoms with van der Waals surface area (Å²) in [7, 11) is 9.25. The second-order valence-corrected chi connectivity index (χ2v) is 23.1. The molecule has 28 heteroatoms. The molecule has 2 heterocycles. The number of hydrogen-bond acceptors (Lipinski definition) is 15. The van der Waals surface area contributed by atoms with Crippen LogP contribution < -0.4 is 43.0 Å². The van der Waals surface area contributed by atoms with Crippen LogP contribution in [0.4, 0.5) is 5.69 Å². The van der Waals surface area contributed by atoms with E-state index in [1.165, 1.54) is 6.42 Å². The third-order valence-corrected chi connectivity index (χ3v) is 15.9. The molecule has 0 spiro atoms. The zero-order chi connectivity index (χ0) is 68.3. The van der Waals surface area contributed by atoms with Crippen LogP contribution in [0.25, 0.3) is 16.4 Å². The number of anilines is 1. The summed E-state index contributed by atoms with van der Waals surface area (Å²) in [6.07, 6.45) is 7.06. The van der Waals surface area contributed by atoms with Crippen molar-refractivity contribution in [1.82, 2.24) is 56.6 Å². The van der Waals surface area contributed by atoms with E-state index in [1.54, 1.807) is 68.3 Å². The van der Waals surface area contributed by atoms with Crippen molar-refractivity contribution in [1.29, 1.82) is 0 Å². The number of likely N-dealkylation sites (N-methyl/N-ethyl adjacent to an activating group) is 2. The van der Waals surface area contributed by atoms with E-state index in [9.17, 15) is 43.2 Å². The molecule has 4 rings (SSSR count). The Bertz CT molecular complexity index is 2590. The maximum Gasteiger partial charge on any atom is 0.249 e. The van der Waals surface area contributed by atoms with Crippen LogP contribution in [-0.2, 0) is 86.0 Å². The number of benzene rings is 2. The Morgan fingerprint density at radius 2 is 1.37 bits per heavy atom. The van der Waals surface area contributed by atoms with Crippen LogP contribution in [0.2, 0.25) is 0 Å². The topological polar surface area (TPSA) is 332 Å². The van der Waals surface area contributed by atoms with Crippen LogP contribution in [0.1, 0.15) is 129 Å². The molecule has 1 saturated heterocycles. The van der Waals surface area contributed by atoms with Gasteiger partial charge in [0.2, 0.25) is 48.8 Å². The van der Waals surface area contributed by atoms with Crippen molar-refractivity contribution in [3.8, 4) is 0 Å². The number of halogens is 2. The predicted octanol–water partition coefficient (Wildman–Crippen LogP) is 5.40. The Balaban J connectivity index is 0. The molecule has 8 atom stereocenters. The zero-order valence-electron chi connectivity index (χ0n) is 56.2. The smallest absolute Gasteiger partial charge is 0.249 e. The van der Waals surface area contributed by atoms with Gasteiger partial charge < -0.3 is 72.4 Å². The number of ether oxygens (including phenoxy) is 2. The summed E-state index contributed by atoms with van der Waals surface area (Å²) < 4.78 is 11.1. The molecule has 1 aliphatic rings. The molecule has 9 amide bonds. The van der Waals surface area contributed by atoms with Gasteiger partial charge in [0.1, 0.15) is 0 Å². The Morgan fingerprint density at radius 1 is 0.780 bits per heavy atom. The summed E-state index contributed by atoms with van der Waals surface area (Å²) in [5.74, 6) is -1.18. The number of aromatic nitrogens is 2. The fourth-order valence-corrected chi connectivity index (χ4v) is 10.1. The molecule has 0 radical (unpaired) electrons. The number of nitrogens with one attached hydrogen (secondary N) is 7. The van der Waals surface area contributed by atoms with E-state index in [4.69, 9.17) is 15.2 Å². The summed E-state index contributed by atoms with van der Waals surface area (Å²) in [5.41, 5.74) is 10.9. The van der Waals surface area contributed by atoms with Crippen molar-refractivity contribution in [2.45, 2.75) is 155 Å². The van der Waals surface area contributed by atoms with Crippen LogP contribution >= 0.6 is 31.9 Å². The van der Waals surface area contributed by atoms with Gasteiger partial charge in [-0.25, -0.2) is 9.97 Å². The molecule has 0 aliphatic carbocycles. The number of nitrogens with zero attached hydrogens (tertiary/aromatic N) is 6. The second kappa shape index (κ2) is 50.9. The number of carbonyl (C=O) groups excluding carboxylic acids is 9. The predicted molar refractivity (Wildman–Crippen MR) is 362 cm³/mol. The Kier molecular flexibility index (Phi) is 49.0. The monoisotopic (exact) mass is 1580 g/mol. The molecular formula is C63H105Br2N14O11W-. The summed E-state index contributed by atoms with van der Waals surface area (Å²) in [6, 6.07) is 12.8. The standard InChI is InChI=1S/C20H24Br2N7O4.C20H30N4O4.C13H26N2O3.C7H17N.C3H8.W/c1-2-24-18(31)9-26-19(32)10-25-17(30)8-23-11-27-20(33)12-3-4-13-14(5-12)29-16(7-22)15(6-21)28-13;1-14(19(28-2)18-4-3-9-24(18)13-26)20(27)23-17(11-21)10-15-5-7-16(8-6-15)22-12-25;1-6-10(3)13(11(7-2)18-5)15(4)12(17)8-14-9-16;1-6(2)7(3)8(4)5;1-3-2;/h3-5H,2,6-11H2,1H3,(H,24,31)(H,25,30)(H,26,32)(H,27,33);5-8,12-14,17-19H,3-4,9-11,21H2,1-2H3,(H,22,25)(H,23,27);9-11,13H,6-8H2,1-5H3,(H,14,16);6-7H,1-5H3;3H2,1-2H3;/q-1;;;;;. The second-order valence-electron chi connectivity index (χ2n) is 22.0.